The number of nitrogens with two attached hydrogens (primary N) is 1. The third-order valence-electron chi connectivity index (χ3n) is 9.29. The van der Waals surface area contributed by atoms with Crippen LogP contribution in [0.2, 0.25) is 0 Å². The smallest absolute Gasteiger partial charge is 0.350 e. The monoisotopic (exact) mass is 798 g/mol. The van der Waals surface area contributed by atoms with Crippen LogP contribution >= 0.6 is 34.9 Å². The number of carbonyl (C=O) groups excluding carboxylic acids is 3. The topological polar surface area (TPSA) is 206 Å². The molecule has 1 aromatic carbocycles. The van der Waals surface area contributed by atoms with Crippen molar-refractivity contribution in [2.75, 3.05) is 41.8 Å². The fourth-order valence-electron chi connectivity index (χ4n) is 6.36. The van der Waals surface area contributed by atoms with Crippen LogP contribution in [0.1, 0.15) is 32.9 Å². The molecule has 3 aromatic rings. The lowest BCUT2D eigenvalue weighted by Gasteiger charge is -2.50. The molecule has 2 saturated heterocycles. The van der Waals surface area contributed by atoms with Crippen molar-refractivity contribution in [2.24, 2.45) is 5.16 Å². The Labute approximate surface area is 322 Å². The number of oxime groups is 1. The van der Waals surface area contributed by atoms with Gasteiger partial charge in [0.2, 0.25) is 11.1 Å². The number of anilines is 2. The van der Waals surface area contributed by atoms with E-state index in [9.17, 15) is 29.4 Å². The summed E-state index contributed by atoms with van der Waals surface area (Å²) >= 11 is 3.60. The van der Waals surface area contributed by atoms with Crippen LogP contribution in [0.3, 0.4) is 0 Å². The number of carboxylic acids is 2. The minimum atomic E-state index is -1.79. The van der Waals surface area contributed by atoms with Crippen molar-refractivity contribution in [3.05, 3.63) is 65.2 Å². The van der Waals surface area contributed by atoms with Gasteiger partial charge in [0.25, 0.3) is 11.8 Å². The average molecular weight is 799 g/mol. The van der Waals surface area contributed by atoms with Gasteiger partial charge >= 0.3 is 5.97 Å². The molecule has 15 nitrogen and oxygen atoms in total. The van der Waals surface area contributed by atoms with Crippen LogP contribution in [0.4, 0.5) is 15.2 Å². The number of aromatic nitrogens is 2. The maximum atomic E-state index is 15.9. The van der Waals surface area contributed by atoms with Gasteiger partial charge in [-0.2, -0.15) is 4.57 Å². The van der Waals surface area contributed by atoms with E-state index < -0.39 is 46.5 Å². The number of nitrogens with one attached hydrogen (secondary N) is 2. The number of thiazole rings is 1. The first-order valence-electron chi connectivity index (χ1n) is 17.0. The summed E-state index contributed by atoms with van der Waals surface area (Å²) in [6.45, 7) is 11.1. The zero-order valence-electron chi connectivity index (χ0n) is 29.7. The molecule has 3 aliphatic heterocycles. The van der Waals surface area contributed by atoms with Gasteiger partial charge in [-0.25, -0.2) is 14.2 Å². The Balaban J connectivity index is 1.23. The molecule has 2 fully saturated rings. The second-order valence-corrected chi connectivity index (χ2v) is 16.2. The molecule has 0 saturated carbocycles. The highest BCUT2D eigenvalue weighted by Gasteiger charge is 2.53. The number of allylic oxidation sites excluding steroid dienone is 1. The molecular formula is C35H39FN8O7S3. The van der Waals surface area contributed by atoms with Crippen molar-refractivity contribution in [3.8, 4) is 0 Å². The minimum absolute atomic E-state index is 0.000695. The summed E-state index contributed by atoms with van der Waals surface area (Å²) in [5, 5.41) is 33.1. The first-order chi connectivity index (χ1) is 25.7. The zero-order valence-corrected chi connectivity index (χ0v) is 32.1. The molecule has 54 heavy (non-hydrogen) atoms. The van der Waals surface area contributed by atoms with Gasteiger partial charge in [-0.15, -0.1) is 34.9 Å². The number of carboxylic acid groups (broad SMARTS) is 2. The number of amides is 2. The van der Waals surface area contributed by atoms with Crippen LogP contribution in [-0.2, 0) is 30.6 Å². The molecular weight excluding hydrogens is 760 g/mol. The number of β-lactam (4-membered cyclic amide) rings is 1. The molecule has 5 heterocycles. The van der Waals surface area contributed by atoms with Gasteiger partial charge in [-0.05, 0) is 38.0 Å². The number of carbonyl (C=O) groups is 4. The van der Waals surface area contributed by atoms with Gasteiger partial charge in [0.1, 0.15) is 22.9 Å². The Morgan fingerprint density at radius 3 is 2.81 bits per heavy atom. The maximum Gasteiger partial charge on any atom is 0.350 e. The largest absolute Gasteiger partial charge is 0.543 e. The number of aliphatic carboxylic acids is 2. The number of pyridine rings is 1. The van der Waals surface area contributed by atoms with E-state index in [-0.39, 0.29) is 39.9 Å². The van der Waals surface area contributed by atoms with Gasteiger partial charge in [0.15, 0.2) is 23.6 Å². The third-order valence-corrected chi connectivity index (χ3v) is 12.5. The Kier molecular flexibility index (Phi) is 11.5. The quantitative estimate of drug-likeness (QED) is 0.0456. The van der Waals surface area contributed by atoms with Gasteiger partial charge in [0, 0.05) is 59.6 Å². The molecule has 3 unspecified atom stereocenters. The van der Waals surface area contributed by atoms with Gasteiger partial charge in [0.05, 0.1) is 22.7 Å². The fourth-order valence-corrected chi connectivity index (χ4v) is 9.43. The van der Waals surface area contributed by atoms with E-state index in [0.717, 1.165) is 46.2 Å². The second-order valence-electron chi connectivity index (χ2n) is 13.2. The lowest BCUT2D eigenvalue weighted by molar-refractivity contribution is -0.661. The first kappa shape index (κ1) is 39.0. The predicted octanol–water partition coefficient (Wildman–Crippen LogP) is 1.46. The van der Waals surface area contributed by atoms with Crippen LogP contribution in [0.5, 0.6) is 0 Å². The predicted molar refractivity (Wildman–Crippen MR) is 202 cm³/mol. The van der Waals surface area contributed by atoms with Crippen molar-refractivity contribution in [1.29, 1.82) is 0 Å². The summed E-state index contributed by atoms with van der Waals surface area (Å²) in [5.41, 5.74) is 5.00. The second kappa shape index (κ2) is 15.9. The normalized spacial score (nSPS) is 20.4. The first-order valence-corrected chi connectivity index (χ1v) is 19.9. The van der Waals surface area contributed by atoms with E-state index in [0.29, 0.717) is 29.7 Å². The molecule has 3 aliphatic rings. The summed E-state index contributed by atoms with van der Waals surface area (Å²) in [4.78, 5) is 64.1. The molecule has 2 aromatic heterocycles. The van der Waals surface area contributed by atoms with E-state index >= 15 is 4.39 Å². The Hall–Kier alpha value is -4.72. The summed E-state index contributed by atoms with van der Waals surface area (Å²) in [5.74, 6) is -4.44. The highest BCUT2D eigenvalue weighted by Crippen LogP contribution is 2.42. The third kappa shape index (κ3) is 7.62. The number of hydrogen-bond acceptors (Lipinski definition) is 14. The van der Waals surface area contributed by atoms with E-state index in [4.69, 9.17) is 10.6 Å². The lowest BCUT2D eigenvalue weighted by Crippen LogP contribution is -2.71. The highest BCUT2D eigenvalue weighted by molar-refractivity contribution is 8.01. The molecule has 19 heteroatoms. The molecule has 286 valence electrons. The van der Waals surface area contributed by atoms with Crippen LogP contribution in [0.15, 0.2) is 63.8 Å². The Morgan fingerprint density at radius 1 is 1.37 bits per heavy atom. The molecule has 5 N–H and O–H groups in total. The number of rotatable bonds is 14. The van der Waals surface area contributed by atoms with Crippen molar-refractivity contribution in [2.45, 2.75) is 61.7 Å². The summed E-state index contributed by atoms with van der Waals surface area (Å²) < 4.78 is 17.9. The van der Waals surface area contributed by atoms with Crippen LogP contribution in [0.25, 0.3) is 10.9 Å². The number of nitrogens with zero attached hydrogens (tertiary/aromatic N) is 5. The lowest BCUT2D eigenvalue weighted by atomic mass is 10.0. The molecule has 2 amide bonds. The molecule has 6 rings (SSSR count). The number of benzene rings is 1. The van der Waals surface area contributed by atoms with Crippen molar-refractivity contribution in [3.63, 3.8) is 0 Å². The minimum Gasteiger partial charge on any atom is -0.543 e. The highest BCUT2D eigenvalue weighted by atomic mass is 32.2. The van der Waals surface area contributed by atoms with Crippen LogP contribution in [-0.4, -0.2) is 98.7 Å². The van der Waals surface area contributed by atoms with E-state index in [2.05, 4.69) is 39.2 Å². The Bertz CT molecular complexity index is 2090. The van der Waals surface area contributed by atoms with Crippen molar-refractivity contribution >= 4 is 86.0 Å². The number of thioether (sulfide) groups is 2. The summed E-state index contributed by atoms with van der Waals surface area (Å²) in [7, 11) is 0. The molecule has 0 aliphatic carbocycles. The SMILES string of the molecule is C=CC[n+]1ccc(SCC2=C(C(=O)[O-])N3C(=O)C(NC(=O)/C(=N\OC(C)(C)C(=O)O)c4csc(N)n4)C3SC2)c2cc(F)c(N3CCNCC3CC)cc21. The standard InChI is InChI=1S/C35H39FN8O7S3/c1-5-9-42-10-7-25(20-12-21(36)24(13-23(20)42)43-11-8-38-14-19(43)6-2)52-15-18-16-53-31-27(30(46)44(31)28(18)32(47)48)40-29(45)26(22-17-54-34(37)39-22)41-51-35(3,4)33(49)50/h5,7,10,12-13,17,19,27,31,38H,1,6,8-9,11,14-16H2,2-4H3,(H4-,37,39,40,45,47,48,49,50)/b41-26-. The molecule has 0 bridgehead atoms. The van der Waals surface area contributed by atoms with E-state index in [1.54, 1.807) is 6.08 Å². The van der Waals surface area contributed by atoms with E-state index in [1.165, 1.54) is 48.8 Å². The number of fused-ring (bicyclic) bond motifs is 2. The number of nitrogen functional groups attached to an aromatic ring is 1. The fraction of sp³-hybridized carbons (Fsp3) is 0.400. The van der Waals surface area contributed by atoms with Crippen LogP contribution in [0, 0.1) is 5.82 Å². The average Bonchev–Trinajstić information content (AvgIpc) is 3.58. The molecule has 0 spiro atoms. The molecule has 0 radical (unpaired) electrons. The summed E-state index contributed by atoms with van der Waals surface area (Å²) in [6, 6.07) is 4.25. The number of piperazine rings is 1. The summed E-state index contributed by atoms with van der Waals surface area (Å²) in [6.07, 6.45) is 4.51. The van der Waals surface area contributed by atoms with Gasteiger partial charge in [-0.3, -0.25) is 14.5 Å². The van der Waals surface area contributed by atoms with Crippen molar-refractivity contribution < 1.29 is 43.2 Å². The zero-order chi connectivity index (χ0) is 38.9. The van der Waals surface area contributed by atoms with Crippen LogP contribution < -0.4 is 30.9 Å². The maximum absolute atomic E-state index is 15.9. The van der Waals surface area contributed by atoms with Crippen molar-refractivity contribution in [1.82, 2.24) is 20.5 Å². The number of halogens is 1. The number of hydrogen-bond donors (Lipinski definition) is 4. The Morgan fingerprint density at radius 2 is 2.15 bits per heavy atom. The van der Waals surface area contributed by atoms with Gasteiger partial charge < -0.3 is 41.1 Å². The van der Waals surface area contributed by atoms with E-state index in [1.807, 2.05) is 22.9 Å². The molecule has 3 atom stereocenters. The van der Waals surface area contributed by atoms with Gasteiger partial charge in [-0.1, -0.05) is 18.7 Å².